The van der Waals surface area contributed by atoms with Gasteiger partial charge in [0, 0.05) is 25.2 Å². The van der Waals surface area contributed by atoms with Crippen LogP contribution in [0.15, 0.2) is 18.3 Å². The first-order valence-corrected chi connectivity index (χ1v) is 5.89. The Labute approximate surface area is 105 Å². The molecular weight excluding hydrogens is 236 g/mol. The summed E-state index contributed by atoms with van der Waals surface area (Å²) in [6.07, 6.45) is 2.37. The summed E-state index contributed by atoms with van der Waals surface area (Å²) in [4.78, 5) is 15.6. The lowest BCUT2D eigenvalue weighted by molar-refractivity contribution is 0.0944. The Morgan fingerprint density at radius 3 is 3.11 bits per heavy atom. The lowest BCUT2D eigenvalue weighted by Gasteiger charge is -2.10. The number of aliphatic hydroxyl groups is 1. The number of amides is 1. The van der Waals surface area contributed by atoms with Gasteiger partial charge in [0.2, 0.25) is 5.88 Å². The van der Waals surface area contributed by atoms with Gasteiger partial charge in [-0.05, 0) is 6.07 Å². The van der Waals surface area contributed by atoms with Crippen LogP contribution in [0.3, 0.4) is 0 Å². The van der Waals surface area contributed by atoms with Gasteiger partial charge in [-0.3, -0.25) is 4.79 Å². The minimum absolute atomic E-state index is 0.0477. The number of carbonyl (C=O) groups is 1. The van der Waals surface area contributed by atoms with E-state index >= 15 is 0 Å². The first-order chi connectivity index (χ1) is 8.79. The van der Waals surface area contributed by atoms with E-state index in [4.69, 9.17) is 14.6 Å². The van der Waals surface area contributed by atoms with E-state index in [0.29, 0.717) is 24.7 Å². The van der Waals surface area contributed by atoms with E-state index in [9.17, 15) is 4.79 Å². The fraction of sp³-hybridized carbons (Fsp3) is 0.500. The first-order valence-electron chi connectivity index (χ1n) is 5.89. The number of aromatic nitrogens is 1. The van der Waals surface area contributed by atoms with Crippen LogP contribution in [0.25, 0.3) is 0 Å². The fourth-order valence-corrected chi connectivity index (χ4v) is 1.63. The van der Waals surface area contributed by atoms with Crippen LogP contribution in [0.2, 0.25) is 0 Å². The number of aliphatic hydroxyl groups excluding tert-OH is 1. The summed E-state index contributed by atoms with van der Waals surface area (Å²) in [5.41, 5.74) is 0.443. The van der Waals surface area contributed by atoms with E-state index in [0.717, 1.165) is 6.42 Å². The van der Waals surface area contributed by atoms with E-state index in [2.05, 4.69) is 10.3 Å². The Balaban J connectivity index is 1.90. The Hall–Kier alpha value is -1.66. The molecular formula is C12H16N2O4. The van der Waals surface area contributed by atoms with E-state index < -0.39 is 0 Å². The average Bonchev–Trinajstić information content (AvgIpc) is 2.89. The van der Waals surface area contributed by atoms with Gasteiger partial charge in [0.1, 0.15) is 6.10 Å². The van der Waals surface area contributed by atoms with Gasteiger partial charge in [0.25, 0.3) is 5.91 Å². The fourth-order valence-electron chi connectivity index (χ4n) is 1.63. The number of carbonyl (C=O) groups excluding carboxylic acids is 1. The molecule has 2 heterocycles. The smallest absolute Gasteiger partial charge is 0.252 e. The third-order valence-corrected chi connectivity index (χ3v) is 2.57. The number of rotatable bonds is 5. The molecule has 1 aliphatic heterocycles. The van der Waals surface area contributed by atoms with Gasteiger partial charge in [-0.15, -0.1) is 0 Å². The molecule has 0 bridgehead atoms. The zero-order valence-electron chi connectivity index (χ0n) is 9.96. The molecule has 6 heteroatoms. The minimum atomic E-state index is -0.257. The standard InChI is InChI=1S/C12H16N2O4/c15-5-4-13-12(16)9-1-2-11(14-7-9)18-10-3-6-17-8-10/h1-2,7,10,15H,3-6,8H2,(H,13,16)/t10-/m1/s1. The Morgan fingerprint density at radius 2 is 2.50 bits per heavy atom. The summed E-state index contributed by atoms with van der Waals surface area (Å²) < 4.78 is 10.8. The van der Waals surface area contributed by atoms with Gasteiger partial charge in [-0.25, -0.2) is 4.98 Å². The SMILES string of the molecule is O=C(NCCO)c1ccc(O[C@@H]2CCOC2)nc1. The van der Waals surface area contributed by atoms with Crippen molar-refractivity contribution in [1.82, 2.24) is 10.3 Å². The predicted octanol–water partition coefficient (Wildman–Crippen LogP) is -0.0286. The number of nitrogens with zero attached hydrogens (tertiary/aromatic N) is 1. The lowest BCUT2D eigenvalue weighted by atomic mass is 10.2. The molecule has 1 atom stereocenters. The molecule has 2 rings (SSSR count). The van der Waals surface area contributed by atoms with E-state index in [1.807, 2.05) is 0 Å². The predicted molar refractivity (Wildman–Crippen MR) is 63.5 cm³/mol. The second kappa shape index (κ2) is 6.32. The van der Waals surface area contributed by atoms with E-state index in [1.165, 1.54) is 6.20 Å². The van der Waals surface area contributed by atoms with Crippen LogP contribution >= 0.6 is 0 Å². The van der Waals surface area contributed by atoms with Crippen LogP contribution in [0.4, 0.5) is 0 Å². The molecule has 0 aromatic carbocycles. The van der Waals surface area contributed by atoms with Crippen LogP contribution < -0.4 is 10.1 Å². The Morgan fingerprint density at radius 1 is 1.61 bits per heavy atom. The molecule has 2 N–H and O–H groups in total. The maximum Gasteiger partial charge on any atom is 0.252 e. The summed E-state index contributed by atoms with van der Waals surface area (Å²) in [7, 11) is 0. The Bertz CT molecular complexity index is 388. The van der Waals surface area contributed by atoms with Gasteiger partial charge >= 0.3 is 0 Å². The third kappa shape index (κ3) is 3.41. The molecule has 1 aliphatic rings. The van der Waals surface area contributed by atoms with Crippen LogP contribution in [0.1, 0.15) is 16.8 Å². The topological polar surface area (TPSA) is 80.7 Å². The monoisotopic (exact) mass is 252 g/mol. The molecule has 18 heavy (non-hydrogen) atoms. The van der Waals surface area contributed by atoms with Gasteiger partial charge in [0.05, 0.1) is 25.4 Å². The van der Waals surface area contributed by atoms with Crippen molar-refractivity contribution in [3.05, 3.63) is 23.9 Å². The summed E-state index contributed by atoms with van der Waals surface area (Å²) in [6, 6.07) is 3.30. The summed E-state index contributed by atoms with van der Waals surface area (Å²) >= 11 is 0. The third-order valence-electron chi connectivity index (χ3n) is 2.57. The number of hydrogen-bond donors (Lipinski definition) is 2. The molecule has 98 valence electrons. The quantitative estimate of drug-likeness (QED) is 0.769. The maximum atomic E-state index is 11.5. The van der Waals surface area contributed by atoms with Crippen molar-refractivity contribution in [3.63, 3.8) is 0 Å². The minimum Gasteiger partial charge on any atom is -0.472 e. The number of hydrogen-bond acceptors (Lipinski definition) is 5. The van der Waals surface area contributed by atoms with Gasteiger partial charge in [-0.2, -0.15) is 0 Å². The van der Waals surface area contributed by atoms with E-state index in [1.54, 1.807) is 12.1 Å². The molecule has 1 aromatic heterocycles. The zero-order chi connectivity index (χ0) is 12.8. The van der Waals surface area contributed by atoms with Gasteiger partial charge < -0.3 is 19.9 Å². The van der Waals surface area contributed by atoms with Crippen molar-refractivity contribution >= 4 is 5.91 Å². The van der Waals surface area contributed by atoms with E-state index in [-0.39, 0.29) is 25.2 Å². The highest BCUT2D eigenvalue weighted by Gasteiger charge is 2.17. The molecule has 0 saturated carbocycles. The van der Waals surface area contributed by atoms with Gasteiger partial charge in [-0.1, -0.05) is 0 Å². The largest absolute Gasteiger partial charge is 0.472 e. The van der Waals surface area contributed by atoms with Crippen LogP contribution in [0, 0.1) is 0 Å². The molecule has 0 radical (unpaired) electrons. The number of nitrogens with one attached hydrogen (secondary N) is 1. The lowest BCUT2D eigenvalue weighted by Crippen LogP contribution is -2.26. The summed E-state index contributed by atoms with van der Waals surface area (Å²) in [5.74, 6) is 0.233. The number of pyridine rings is 1. The number of ether oxygens (including phenoxy) is 2. The normalized spacial score (nSPS) is 18.6. The van der Waals surface area contributed by atoms with Gasteiger partial charge in [0.15, 0.2) is 0 Å². The highest BCUT2D eigenvalue weighted by molar-refractivity contribution is 5.93. The summed E-state index contributed by atoms with van der Waals surface area (Å²) in [5, 5.41) is 11.2. The van der Waals surface area contributed by atoms with Crippen LogP contribution in [-0.2, 0) is 4.74 Å². The zero-order valence-corrected chi connectivity index (χ0v) is 9.96. The maximum absolute atomic E-state index is 11.5. The van der Waals surface area contributed by atoms with Crippen molar-refractivity contribution in [1.29, 1.82) is 0 Å². The molecule has 1 fully saturated rings. The molecule has 0 aliphatic carbocycles. The molecule has 0 spiro atoms. The molecule has 6 nitrogen and oxygen atoms in total. The van der Waals surface area contributed by atoms with Crippen LogP contribution in [0.5, 0.6) is 5.88 Å². The van der Waals surface area contributed by atoms with Crippen molar-refractivity contribution in [2.75, 3.05) is 26.4 Å². The van der Waals surface area contributed by atoms with Crippen molar-refractivity contribution in [2.24, 2.45) is 0 Å². The Kier molecular flexibility index (Phi) is 4.49. The van der Waals surface area contributed by atoms with Crippen molar-refractivity contribution in [2.45, 2.75) is 12.5 Å². The second-order valence-electron chi connectivity index (χ2n) is 3.97. The van der Waals surface area contributed by atoms with Crippen LogP contribution in [-0.4, -0.2) is 48.5 Å². The second-order valence-corrected chi connectivity index (χ2v) is 3.97. The van der Waals surface area contributed by atoms with Crippen molar-refractivity contribution < 1.29 is 19.4 Å². The summed E-state index contributed by atoms with van der Waals surface area (Å²) in [6.45, 7) is 1.45. The molecule has 0 unspecified atom stereocenters. The highest BCUT2D eigenvalue weighted by Crippen LogP contribution is 2.14. The molecule has 1 aromatic rings. The average molecular weight is 252 g/mol. The van der Waals surface area contributed by atoms with Crippen molar-refractivity contribution in [3.8, 4) is 5.88 Å². The highest BCUT2D eigenvalue weighted by atomic mass is 16.5. The molecule has 1 saturated heterocycles. The first kappa shape index (κ1) is 12.8. The molecule has 1 amide bonds.